The topological polar surface area (TPSA) is 67.6 Å². The normalized spacial score (nSPS) is 30.2. The molecule has 2 aliphatic rings. The highest BCUT2D eigenvalue weighted by Gasteiger charge is 2.36. The predicted octanol–water partition coefficient (Wildman–Crippen LogP) is 0.483. The second-order valence-electron chi connectivity index (χ2n) is 6.09. The number of morpholine rings is 1. The Kier molecular flexibility index (Phi) is 4.81. The SMILES string of the molecule is CCCNC(C)(CCN1CC2CCC(C1)O2)C(N)=O. The molecule has 5 nitrogen and oxygen atoms in total. The Bertz CT molecular complexity index is 312. The number of hydrogen-bond donors (Lipinski definition) is 2. The molecule has 5 heteroatoms. The van der Waals surface area contributed by atoms with Crippen molar-refractivity contribution in [3.63, 3.8) is 0 Å². The fourth-order valence-electron chi connectivity index (χ4n) is 2.96. The van der Waals surface area contributed by atoms with Crippen LogP contribution in [0.25, 0.3) is 0 Å². The fraction of sp³-hybridized carbons (Fsp3) is 0.929. The van der Waals surface area contributed by atoms with Crippen molar-refractivity contribution in [3.05, 3.63) is 0 Å². The van der Waals surface area contributed by atoms with Crippen molar-refractivity contribution in [2.24, 2.45) is 5.73 Å². The monoisotopic (exact) mass is 269 g/mol. The molecule has 2 rings (SSSR count). The highest BCUT2D eigenvalue weighted by molar-refractivity contribution is 5.84. The summed E-state index contributed by atoms with van der Waals surface area (Å²) in [7, 11) is 0. The minimum Gasteiger partial charge on any atom is -0.372 e. The molecule has 3 unspecified atom stereocenters. The first-order chi connectivity index (χ1) is 9.03. The van der Waals surface area contributed by atoms with Crippen LogP contribution in [-0.4, -0.2) is 54.7 Å². The van der Waals surface area contributed by atoms with E-state index in [1.165, 1.54) is 12.8 Å². The largest absolute Gasteiger partial charge is 0.372 e. The van der Waals surface area contributed by atoms with Gasteiger partial charge in [0.1, 0.15) is 0 Å². The number of nitrogens with two attached hydrogens (primary N) is 1. The molecular weight excluding hydrogens is 242 g/mol. The van der Waals surface area contributed by atoms with Gasteiger partial charge in [0.05, 0.1) is 17.7 Å². The third kappa shape index (κ3) is 3.68. The lowest BCUT2D eigenvalue weighted by atomic mass is 9.96. The first kappa shape index (κ1) is 14.8. The van der Waals surface area contributed by atoms with E-state index in [0.29, 0.717) is 12.2 Å². The van der Waals surface area contributed by atoms with Crippen molar-refractivity contribution >= 4 is 5.91 Å². The Morgan fingerprint density at radius 1 is 1.42 bits per heavy atom. The van der Waals surface area contributed by atoms with E-state index in [4.69, 9.17) is 10.5 Å². The van der Waals surface area contributed by atoms with Gasteiger partial charge < -0.3 is 15.8 Å². The molecule has 0 aromatic heterocycles. The molecule has 2 aliphatic heterocycles. The fourth-order valence-corrected chi connectivity index (χ4v) is 2.96. The van der Waals surface area contributed by atoms with Crippen LogP contribution in [0.4, 0.5) is 0 Å². The van der Waals surface area contributed by atoms with Gasteiger partial charge in [0.15, 0.2) is 0 Å². The molecule has 1 amide bonds. The number of carbonyl (C=O) groups excluding carboxylic acids is 1. The maximum absolute atomic E-state index is 11.7. The van der Waals surface area contributed by atoms with Crippen LogP contribution in [-0.2, 0) is 9.53 Å². The summed E-state index contributed by atoms with van der Waals surface area (Å²) in [6, 6.07) is 0. The molecule has 0 aromatic rings. The summed E-state index contributed by atoms with van der Waals surface area (Å²) in [6.07, 6.45) is 4.95. The van der Waals surface area contributed by atoms with Crippen LogP contribution in [0.3, 0.4) is 0 Å². The number of carbonyl (C=O) groups is 1. The summed E-state index contributed by atoms with van der Waals surface area (Å²) in [4.78, 5) is 14.1. The standard InChI is InChI=1S/C14H27N3O2/c1-3-7-16-14(2,13(15)18)6-8-17-9-11-4-5-12(10-17)19-11/h11-12,16H,3-10H2,1-2H3,(H2,15,18). The molecule has 110 valence electrons. The average Bonchev–Trinajstić information content (AvgIpc) is 2.73. The van der Waals surface area contributed by atoms with Gasteiger partial charge in [0.2, 0.25) is 5.91 Å². The minimum absolute atomic E-state index is 0.253. The lowest BCUT2D eigenvalue weighted by Gasteiger charge is -2.35. The van der Waals surface area contributed by atoms with Gasteiger partial charge in [-0.15, -0.1) is 0 Å². The van der Waals surface area contributed by atoms with Gasteiger partial charge in [-0.1, -0.05) is 6.92 Å². The number of nitrogens with zero attached hydrogens (tertiary/aromatic N) is 1. The third-order valence-corrected chi connectivity index (χ3v) is 4.36. The molecule has 0 aromatic carbocycles. The van der Waals surface area contributed by atoms with E-state index in [0.717, 1.165) is 39.0 Å². The summed E-state index contributed by atoms with van der Waals surface area (Å²) < 4.78 is 5.82. The Morgan fingerprint density at radius 2 is 2.05 bits per heavy atom. The summed E-state index contributed by atoms with van der Waals surface area (Å²) in [5.74, 6) is -0.253. The van der Waals surface area contributed by atoms with Crippen molar-refractivity contribution in [2.75, 3.05) is 26.2 Å². The van der Waals surface area contributed by atoms with Gasteiger partial charge >= 0.3 is 0 Å². The molecular formula is C14H27N3O2. The molecule has 2 fully saturated rings. The number of likely N-dealkylation sites (tertiary alicyclic amines) is 1. The maximum Gasteiger partial charge on any atom is 0.237 e. The van der Waals surface area contributed by atoms with Crippen LogP contribution >= 0.6 is 0 Å². The minimum atomic E-state index is -0.590. The smallest absolute Gasteiger partial charge is 0.237 e. The van der Waals surface area contributed by atoms with Crippen LogP contribution in [0.1, 0.15) is 39.5 Å². The first-order valence-electron chi connectivity index (χ1n) is 7.46. The molecule has 19 heavy (non-hydrogen) atoms. The highest BCUT2D eigenvalue weighted by atomic mass is 16.5. The molecule has 2 heterocycles. The van der Waals surface area contributed by atoms with Crippen molar-refractivity contribution in [1.82, 2.24) is 10.2 Å². The molecule has 2 saturated heterocycles. The summed E-state index contributed by atoms with van der Waals surface area (Å²) in [5, 5.41) is 3.29. The van der Waals surface area contributed by atoms with Crippen LogP contribution in [0.2, 0.25) is 0 Å². The van der Waals surface area contributed by atoms with Gasteiger partial charge in [-0.2, -0.15) is 0 Å². The third-order valence-electron chi connectivity index (χ3n) is 4.36. The zero-order chi connectivity index (χ0) is 13.9. The molecule has 3 N–H and O–H groups in total. The lowest BCUT2D eigenvalue weighted by molar-refractivity contribution is -0.124. The Morgan fingerprint density at radius 3 is 2.58 bits per heavy atom. The number of primary amides is 1. The van der Waals surface area contributed by atoms with E-state index in [9.17, 15) is 4.79 Å². The Balaban J connectivity index is 1.83. The van der Waals surface area contributed by atoms with Gasteiger partial charge in [-0.25, -0.2) is 0 Å². The second-order valence-corrected chi connectivity index (χ2v) is 6.09. The number of nitrogens with one attached hydrogen (secondary N) is 1. The Labute approximate surface area is 115 Å². The summed E-state index contributed by atoms with van der Waals surface area (Å²) in [5.41, 5.74) is 4.96. The second kappa shape index (κ2) is 6.20. The van der Waals surface area contributed by atoms with E-state index in [1.54, 1.807) is 0 Å². The predicted molar refractivity (Wildman–Crippen MR) is 74.8 cm³/mol. The maximum atomic E-state index is 11.7. The van der Waals surface area contributed by atoms with E-state index in [2.05, 4.69) is 17.1 Å². The zero-order valence-electron chi connectivity index (χ0n) is 12.2. The molecule has 2 bridgehead atoms. The van der Waals surface area contributed by atoms with Crippen LogP contribution in [0, 0.1) is 0 Å². The van der Waals surface area contributed by atoms with Gasteiger partial charge in [0, 0.05) is 19.6 Å². The zero-order valence-corrected chi connectivity index (χ0v) is 12.2. The lowest BCUT2D eigenvalue weighted by Crippen LogP contribution is -2.55. The first-order valence-corrected chi connectivity index (χ1v) is 7.46. The van der Waals surface area contributed by atoms with Crippen molar-refractivity contribution in [3.8, 4) is 0 Å². The molecule has 0 spiro atoms. The average molecular weight is 269 g/mol. The summed E-state index contributed by atoms with van der Waals surface area (Å²) >= 11 is 0. The molecule has 0 saturated carbocycles. The molecule has 0 radical (unpaired) electrons. The van der Waals surface area contributed by atoms with Gasteiger partial charge in [-0.3, -0.25) is 9.69 Å². The quantitative estimate of drug-likeness (QED) is 0.705. The molecule has 0 aliphatic carbocycles. The van der Waals surface area contributed by atoms with E-state index in [1.807, 2.05) is 6.92 Å². The van der Waals surface area contributed by atoms with E-state index < -0.39 is 5.54 Å². The summed E-state index contributed by atoms with van der Waals surface area (Å²) in [6.45, 7) is 7.74. The Hall–Kier alpha value is -0.650. The van der Waals surface area contributed by atoms with Gasteiger partial charge in [-0.05, 0) is 39.2 Å². The van der Waals surface area contributed by atoms with E-state index in [-0.39, 0.29) is 5.91 Å². The number of fused-ring (bicyclic) bond motifs is 2. The number of ether oxygens (including phenoxy) is 1. The van der Waals surface area contributed by atoms with Gasteiger partial charge in [0.25, 0.3) is 0 Å². The van der Waals surface area contributed by atoms with Crippen LogP contribution in [0.15, 0.2) is 0 Å². The van der Waals surface area contributed by atoms with E-state index >= 15 is 0 Å². The molecule has 3 atom stereocenters. The van der Waals surface area contributed by atoms with Crippen molar-refractivity contribution in [2.45, 2.75) is 57.3 Å². The van der Waals surface area contributed by atoms with Crippen LogP contribution < -0.4 is 11.1 Å². The van der Waals surface area contributed by atoms with Crippen LogP contribution in [0.5, 0.6) is 0 Å². The highest BCUT2D eigenvalue weighted by Crippen LogP contribution is 2.26. The number of rotatable bonds is 7. The van der Waals surface area contributed by atoms with Crippen molar-refractivity contribution in [1.29, 1.82) is 0 Å². The number of amides is 1. The van der Waals surface area contributed by atoms with Crippen molar-refractivity contribution < 1.29 is 9.53 Å². The number of hydrogen-bond acceptors (Lipinski definition) is 4.